The number of ether oxygens (including phenoxy) is 1. The first-order chi connectivity index (χ1) is 9.63. The smallest absolute Gasteiger partial charge is 0.147 e. The van der Waals surface area contributed by atoms with Gasteiger partial charge in [0.25, 0.3) is 0 Å². The Morgan fingerprint density at radius 3 is 2.90 bits per heavy atom. The molecular weight excluding hydrogens is 274 g/mol. The van der Waals surface area contributed by atoms with Crippen molar-refractivity contribution in [1.29, 1.82) is 0 Å². The Bertz CT molecular complexity index is 767. The van der Waals surface area contributed by atoms with Gasteiger partial charge in [-0.05, 0) is 30.3 Å². The Kier molecular flexibility index (Phi) is 3.24. The number of rotatable bonds is 3. The first-order valence-electron chi connectivity index (χ1n) is 6.23. The summed E-state index contributed by atoms with van der Waals surface area (Å²) in [5, 5.41) is 0.698. The molecule has 1 heterocycles. The summed E-state index contributed by atoms with van der Waals surface area (Å²) in [5.74, 6) is 1.57. The third kappa shape index (κ3) is 2.42. The monoisotopic (exact) mass is 287 g/mol. The molecule has 0 saturated heterocycles. The summed E-state index contributed by atoms with van der Waals surface area (Å²) in [7, 11) is 1.95. The first kappa shape index (κ1) is 12.8. The van der Waals surface area contributed by atoms with Crippen LogP contribution in [-0.2, 0) is 13.7 Å². The molecule has 2 N–H and O–H groups in total. The zero-order valence-electron chi connectivity index (χ0n) is 11.0. The van der Waals surface area contributed by atoms with Crippen LogP contribution in [0.25, 0.3) is 11.0 Å². The van der Waals surface area contributed by atoms with Crippen molar-refractivity contribution in [3.05, 3.63) is 53.3 Å². The SMILES string of the molecule is Cn1c(COc2cccc(N)c2)nc2ccc(Cl)cc21. The number of aryl methyl sites for hydroxylation is 1. The van der Waals surface area contributed by atoms with Crippen LogP contribution < -0.4 is 10.5 Å². The van der Waals surface area contributed by atoms with Gasteiger partial charge in [0, 0.05) is 23.8 Å². The molecule has 20 heavy (non-hydrogen) atoms. The summed E-state index contributed by atoms with van der Waals surface area (Å²) in [4.78, 5) is 4.54. The standard InChI is InChI=1S/C15H14ClN3O/c1-19-14-7-10(16)5-6-13(14)18-15(19)9-20-12-4-2-3-11(17)8-12/h2-8H,9,17H2,1H3. The lowest BCUT2D eigenvalue weighted by Gasteiger charge is -2.06. The predicted molar refractivity (Wildman–Crippen MR) is 80.9 cm³/mol. The van der Waals surface area contributed by atoms with Gasteiger partial charge < -0.3 is 15.0 Å². The fraction of sp³-hybridized carbons (Fsp3) is 0.133. The second kappa shape index (κ2) is 5.06. The molecule has 0 spiro atoms. The molecule has 3 rings (SSSR count). The Morgan fingerprint density at radius 1 is 1.25 bits per heavy atom. The quantitative estimate of drug-likeness (QED) is 0.751. The van der Waals surface area contributed by atoms with Crippen molar-refractivity contribution < 1.29 is 4.74 Å². The molecule has 0 aliphatic carbocycles. The highest BCUT2D eigenvalue weighted by molar-refractivity contribution is 6.31. The number of hydrogen-bond acceptors (Lipinski definition) is 3. The van der Waals surface area contributed by atoms with E-state index < -0.39 is 0 Å². The van der Waals surface area contributed by atoms with Crippen molar-refractivity contribution in [3.8, 4) is 5.75 Å². The zero-order chi connectivity index (χ0) is 14.1. The van der Waals surface area contributed by atoms with Crippen LogP contribution in [0.2, 0.25) is 5.02 Å². The van der Waals surface area contributed by atoms with E-state index in [9.17, 15) is 0 Å². The van der Waals surface area contributed by atoms with Crippen LogP contribution in [0.5, 0.6) is 5.75 Å². The summed E-state index contributed by atoms with van der Waals surface area (Å²) in [6.07, 6.45) is 0. The van der Waals surface area contributed by atoms with E-state index >= 15 is 0 Å². The van der Waals surface area contributed by atoms with Crippen molar-refractivity contribution in [2.45, 2.75) is 6.61 Å². The normalized spacial score (nSPS) is 10.9. The number of fused-ring (bicyclic) bond motifs is 1. The highest BCUT2D eigenvalue weighted by Gasteiger charge is 2.08. The van der Waals surface area contributed by atoms with Crippen molar-refractivity contribution >= 4 is 28.3 Å². The Hall–Kier alpha value is -2.20. The molecule has 0 unspecified atom stereocenters. The van der Waals surface area contributed by atoms with Crippen molar-refractivity contribution in [2.24, 2.45) is 7.05 Å². The van der Waals surface area contributed by atoms with Crippen LogP contribution in [0.4, 0.5) is 5.69 Å². The molecule has 1 aromatic heterocycles. The molecule has 0 fully saturated rings. The van der Waals surface area contributed by atoms with Gasteiger partial charge in [-0.15, -0.1) is 0 Å². The molecule has 0 atom stereocenters. The highest BCUT2D eigenvalue weighted by Crippen LogP contribution is 2.21. The number of imidazole rings is 1. The maximum absolute atomic E-state index is 6.00. The maximum Gasteiger partial charge on any atom is 0.147 e. The molecule has 0 aliphatic rings. The lowest BCUT2D eigenvalue weighted by molar-refractivity contribution is 0.292. The summed E-state index contributed by atoms with van der Waals surface area (Å²) in [5.41, 5.74) is 8.29. The molecule has 2 aromatic carbocycles. The van der Waals surface area contributed by atoms with Gasteiger partial charge in [0.2, 0.25) is 0 Å². The molecule has 0 amide bonds. The predicted octanol–water partition coefficient (Wildman–Crippen LogP) is 3.39. The number of nitrogens with zero attached hydrogens (tertiary/aromatic N) is 2. The minimum absolute atomic E-state index is 0.381. The Morgan fingerprint density at radius 2 is 2.10 bits per heavy atom. The molecular formula is C15H14ClN3O. The number of halogens is 1. The molecule has 102 valence electrons. The maximum atomic E-state index is 6.00. The summed E-state index contributed by atoms with van der Waals surface area (Å²) >= 11 is 6.00. The largest absolute Gasteiger partial charge is 0.486 e. The van der Waals surface area contributed by atoms with Crippen LogP contribution in [-0.4, -0.2) is 9.55 Å². The van der Waals surface area contributed by atoms with Gasteiger partial charge in [0.15, 0.2) is 0 Å². The second-order valence-corrected chi connectivity index (χ2v) is 5.02. The van der Waals surface area contributed by atoms with Gasteiger partial charge in [0.05, 0.1) is 11.0 Å². The third-order valence-electron chi connectivity index (χ3n) is 3.16. The zero-order valence-corrected chi connectivity index (χ0v) is 11.8. The topological polar surface area (TPSA) is 53.1 Å². The molecule has 5 heteroatoms. The fourth-order valence-electron chi connectivity index (χ4n) is 2.09. The van der Waals surface area contributed by atoms with Gasteiger partial charge >= 0.3 is 0 Å². The van der Waals surface area contributed by atoms with Crippen LogP contribution >= 0.6 is 11.6 Å². The van der Waals surface area contributed by atoms with Gasteiger partial charge in [0.1, 0.15) is 18.2 Å². The Labute approximate surface area is 121 Å². The van der Waals surface area contributed by atoms with E-state index in [1.807, 2.05) is 48.0 Å². The molecule has 0 saturated carbocycles. The van der Waals surface area contributed by atoms with Crippen molar-refractivity contribution in [2.75, 3.05) is 5.73 Å². The average Bonchev–Trinajstić information content (AvgIpc) is 2.73. The van der Waals surface area contributed by atoms with Crippen LogP contribution in [0, 0.1) is 0 Å². The molecule has 3 aromatic rings. The van der Waals surface area contributed by atoms with E-state index in [0.717, 1.165) is 22.6 Å². The lowest BCUT2D eigenvalue weighted by Crippen LogP contribution is -2.03. The third-order valence-corrected chi connectivity index (χ3v) is 3.40. The molecule has 0 radical (unpaired) electrons. The van der Waals surface area contributed by atoms with Gasteiger partial charge in [-0.2, -0.15) is 0 Å². The fourth-order valence-corrected chi connectivity index (χ4v) is 2.26. The van der Waals surface area contributed by atoms with E-state index in [-0.39, 0.29) is 0 Å². The minimum atomic E-state index is 0.381. The van der Waals surface area contributed by atoms with E-state index in [1.54, 1.807) is 6.07 Å². The van der Waals surface area contributed by atoms with E-state index in [2.05, 4.69) is 4.98 Å². The van der Waals surface area contributed by atoms with Crippen LogP contribution in [0.15, 0.2) is 42.5 Å². The van der Waals surface area contributed by atoms with E-state index in [4.69, 9.17) is 22.1 Å². The van der Waals surface area contributed by atoms with Gasteiger partial charge in [-0.3, -0.25) is 0 Å². The molecule has 0 aliphatic heterocycles. The van der Waals surface area contributed by atoms with Crippen molar-refractivity contribution in [3.63, 3.8) is 0 Å². The minimum Gasteiger partial charge on any atom is -0.486 e. The molecule has 4 nitrogen and oxygen atoms in total. The van der Waals surface area contributed by atoms with E-state index in [1.165, 1.54) is 0 Å². The number of nitrogens with two attached hydrogens (primary N) is 1. The number of anilines is 1. The second-order valence-electron chi connectivity index (χ2n) is 4.58. The van der Waals surface area contributed by atoms with Gasteiger partial charge in [-0.25, -0.2) is 4.98 Å². The highest BCUT2D eigenvalue weighted by atomic mass is 35.5. The van der Waals surface area contributed by atoms with E-state index in [0.29, 0.717) is 17.3 Å². The average molecular weight is 288 g/mol. The van der Waals surface area contributed by atoms with Crippen molar-refractivity contribution in [1.82, 2.24) is 9.55 Å². The summed E-state index contributed by atoms with van der Waals surface area (Å²) < 4.78 is 7.70. The molecule has 0 bridgehead atoms. The summed E-state index contributed by atoms with van der Waals surface area (Å²) in [6, 6.07) is 13.0. The number of hydrogen-bond donors (Lipinski definition) is 1. The van der Waals surface area contributed by atoms with Gasteiger partial charge in [-0.1, -0.05) is 17.7 Å². The lowest BCUT2D eigenvalue weighted by atomic mass is 10.3. The first-order valence-corrected chi connectivity index (χ1v) is 6.60. The number of benzene rings is 2. The van der Waals surface area contributed by atoms with Crippen LogP contribution in [0.1, 0.15) is 5.82 Å². The number of nitrogen functional groups attached to an aromatic ring is 1. The number of aromatic nitrogens is 2. The summed E-state index contributed by atoms with van der Waals surface area (Å²) in [6.45, 7) is 0.381. The van der Waals surface area contributed by atoms with Crippen LogP contribution in [0.3, 0.4) is 0 Å². The Balaban J connectivity index is 1.86.